The van der Waals surface area contributed by atoms with Crippen molar-refractivity contribution < 1.29 is 14.3 Å². The van der Waals surface area contributed by atoms with Gasteiger partial charge < -0.3 is 14.8 Å². The van der Waals surface area contributed by atoms with Crippen LogP contribution >= 0.6 is 11.8 Å². The van der Waals surface area contributed by atoms with Gasteiger partial charge in [-0.2, -0.15) is 5.26 Å². The number of benzene rings is 3. The van der Waals surface area contributed by atoms with Crippen molar-refractivity contribution in [3.63, 3.8) is 0 Å². The van der Waals surface area contributed by atoms with Crippen LogP contribution < -0.4 is 14.8 Å². The topological polar surface area (TPSA) is 71.3 Å². The Balaban J connectivity index is 1.58. The molecular formula is C25H24N2O3S. The molecule has 0 aliphatic rings. The number of hydrogen-bond donors (Lipinski definition) is 1. The number of rotatable bonds is 9. The van der Waals surface area contributed by atoms with Crippen molar-refractivity contribution in [2.24, 2.45) is 0 Å². The number of ether oxygens (including phenoxy) is 2. The van der Waals surface area contributed by atoms with Gasteiger partial charge in [-0.25, -0.2) is 0 Å². The smallest absolute Gasteiger partial charge is 0.252 e. The Morgan fingerprint density at radius 3 is 2.39 bits per heavy atom. The van der Waals surface area contributed by atoms with Crippen molar-refractivity contribution in [2.75, 3.05) is 20.8 Å². The lowest BCUT2D eigenvalue weighted by Crippen LogP contribution is -2.26. The average molecular weight is 433 g/mol. The zero-order valence-corrected chi connectivity index (χ0v) is 18.4. The lowest BCUT2D eigenvalue weighted by molar-refractivity contribution is 0.0951. The second-order valence-corrected chi connectivity index (χ2v) is 7.81. The third-order valence-corrected chi connectivity index (χ3v) is 5.90. The predicted octanol–water partition coefficient (Wildman–Crippen LogP) is 4.84. The Labute approximate surface area is 187 Å². The van der Waals surface area contributed by atoms with Gasteiger partial charge in [-0.15, -0.1) is 11.8 Å². The molecule has 1 N–H and O–H groups in total. The minimum absolute atomic E-state index is 0.0941. The molecule has 0 bridgehead atoms. The monoisotopic (exact) mass is 432 g/mol. The standard InChI is InChI=1S/C25H24N2O3S/c1-29-22-12-11-18(15-23(22)30-2)13-14-27-25(28)21-5-3-4-6-24(21)31-17-20-9-7-19(16-26)8-10-20/h3-12,15H,13-14,17H2,1-2H3,(H,27,28). The SMILES string of the molecule is COc1ccc(CCNC(=O)c2ccccc2SCc2ccc(C#N)cc2)cc1OC. The van der Waals surface area contributed by atoms with Crippen LogP contribution in [-0.4, -0.2) is 26.7 Å². The van der Waals surface area contributed by atoms with Crippen LogP contribution in [0.4, 0.5) is 0 Å². The summed E-state index contributed by atoms with van der Waals surface area (Å²) in [5, 5.41) is 11.9. The Kier molecular flexibility index (Phi) is 7.97. The van der Waals surface area contributed by atoms with Crippen molar-refractivity contribution >= 4 is 17.7 Å². The summed E-state index contributed by atoms with van der Waals surface area (Å²) in [6.07, 6.45) is 0.687. The van der Waals surface area contributed by atoms with Crippen LogP contribution in [0.25, 0.3) is 0 Å². The zero-order valence-electron chi connectivity index (χ0n) is 17.6. The molecule has 0 saturated carbocycles. The van der Waals surface area contributed by atoms with E-state index in [4.69, 9.17) is 14.7 Å². The normalized spacial score (nSPS) is 10.2. The second-order valence-electron chi connectivity index (χ2n) is 6.79. The minimum Gasteiger partial charge on any atom is -0.493 e. The van der Waals surface area contributed by atoms with Crippen molar-refractivity contribution in [3.8, 4) is 17.6 Å². The van der Waals surface area contributed by atoms with Crippen LogP contribution in [0.2, 0.25) is 0 Å². The summed E-state index contributed by atoms with van der Waals surface area (Å²) in [4.78, 5) is 13.7. The molecule has 3 rings (SSSR count). The molecule has 6 heteroatoms. The lowest BCUT2D eigenvalue weighted by Gasteiger charge is -2.11. The maximum atomic E-state index is 12.8. The third-order valence-electron chi connectivity index (χ3n) is 4.76. The Morgan fingerprint density at radius 2 is 1.68 bits per heavy atom. The van der Waals surface area contributed by atoms with Gasteiger partial charge in [-0.1, -0.05) is 30.3 Å². The molecule has 3 aromatic carbocycles. The lowest BCUT2D eigenvalue weighted by atomic mass is 10.1. The number of methoxy groups -OCH3 is 2. The van der Waals surface area contributed by atoms with Gasteiger partial charge in [0.15, 0.2) is 11.5 Å². The molecule has 0 radical (unpaired) electrons. The van der Waals surface area contributed by atoms with Crippen LogP contribution in [0.3, 0.4) is 0 Å². The van der Waals surface area contributed by atoms with E-state index in [2.05, 4.69) is 11.4 Å². The molecule has 0 unspecified atom stereocenters. The third kappa shape index (κ3) is 6.03. The fourth-order valence-electron chi connectivity index (χ4n) is 3.07. The van der Waals surface area contributed by atoms with E-state index in [1.807, 2.05) is 66.7 Å². The van der Waals surface area contributed by atoms with Gasteiger partial charge >= 0.3 is 0 Å². The Morgan fingerprint density at radius 1 is 0.968 bits per heavy atom. The molecule has 3 aromatic rings. The van der Waals surface area contributed by atoms with E-state index in [9.17, 15) is 4.79 Å². The molecular weight excluding hydrogens is 408 g/mol. The first-order valence-corrected chi connectivity index (χ1v) is 10.8. The van der Waals surface area contributed by atoms with Crippen LogP contribution in [0.1, 0.15) is 27.0 Å². The minimum atomic E-state index is -0.0941. The number of nitrogens with zero attached hydrogens (tertiary/aromatic N) is 1. The summed E-state index contributed by atoms with van der Waals surface area (Å²) >= 11 is 1.61. The first kappa shape index (κ1) is 22.3. The number of nitriles is 1. The number of hydrogen-bond acceptors (Lipinski definition) is 5. The van der Waals surface area contributed by atoms with Gasteiger partial charge in [0.1, 0.15) is 0 Å². The van der Waals surface area contributed by atoms with Gasteiger partial charge in [-0.05, 0) is 53.9 Å². The molecule has 0 fully saturated rings. The van der Waals surface area contributed by atoms with E-state index in [0.717, 1.165) is 21.8 Å². The first-order chi connectivity index (χ1) is 15.1. The highest BCUT2D eigenvalue weighted by molar-refractivity contribution is 7.98. The summed E-state index contributed by atoms with van der Waals surface area (Å²) in [5.41, 5.74) is 3.46. The van der Waals surface area contributed by atoms with Crippen LogP contribution in [0, 0.1) is 11.3 Å². The van der Waals surface area contributed by atoms with Crippen molar-refractivity contribution in [2.45, 2.75) is 17.1 Å². The first-order valence-electron chi connectivity index (χ1n) is 9.84. The molecule has 0 aromatic heterocycles. The molecule has 0 aliphatic heterocycles. The summed E-state index contributed by atoms with van der Waals surface area (Å²) < 4.78 is 10.6. The largest absolute Gasteiger partial charge is 0.493 e. The second kappa shape index (κ2) is 11.1. The van der Waals surface area contributed by atoms with E-state index in [-0.39, 0.29) is 5.91 Å². The number of carbonyl (C=O) groups excluding carboxylic acids is 1. The molecule has 0 atom stereocenters. The van der Waals surface area contributed by atoms with Gasteiger partial charge in [0.2, 0.25) is 0 Å². The van der Waals surface area contributed by atoms with E-state index in [1.165, 1.54) is 0 Å². The van der Waals surface area contributed by atoms with Crippen LogP contribution in [0.5, 0.6) is 11.5 Å². The molecule has 158 valence electrons. The molecule has 0 spiro atoms. The summed E-state index contributed by atoms with van der Waals surface area (Å²) in [6.45, 7) is 0.517. The highest BCUT2D eigenvalue weighted by atomic mass is 32.2. The van der Waals surface area contributed by atoms with Crippen molar-refractivity contribution in [1.82, 2.24) is 5.32 Å². The van der Waals surface area contributed by atoms with Crippen LogP contribution in [-0.2, 0) is 12.2 Å². The predicted molar refractivity (Wildman–Crippen MR) is 123 cm³/mol. The molecule has 0 aliphatic carbocycles. The molecule has 0 saturated heterocycles. The number of thioether (sulfide) groups is 1. The van der Waals surface area contributed by atoms with Gasteiger partial charge in [0, 0.05) is 17.2 Å². The Hall–Kier alpha value is -3.43. The fraction of sp³-hybridized carbons (Fsp3) is 0.200. The number of carbonyl (C=O) groups is 1. The zero-order chi connectivity index (χ0) is 22.1. The van der Waals surface area contributed by atoms with Crippen molar-refractivity contribution in [3.05, 3.63) is 89.0 Å². The quantitative estimate of drug-likeness (QED) is 0.490. The van der Waals surface area contributed by atoms with Crippen LogP contribution in [0.15, 0.2) is 71.6 Å². The summed E-state index contributed by atoms with van der Waals surface area (Å²) in [7, 11) is 3.21. The average Bonchev–Trinajstić information content (AvgIpc) is 2.83. The van der Waals surface area contributed by atoms with Gasteiger partial charge in [0.05, 0.1) is 31.4 Å². The van der Waals surface area contributed by atoms with Gasteiger partial charge in [-0.3, -0.25) is 4.79 Å². The highest BCUT2D eigenvalue weighted by Crippen LogP contribution is 2.28. The highest BCUT2D eigenvalue weighted by Gasteiger charge is 2.12. The Bertz CT molecular complexity index is 1070. The molecule has 1 amide bonds. The van der Waals surface area contributed by atoms with E-state index in [0.29, 0.717) is 35.6 Å². The molecule has 5 nitrogen and oxygen atoms in total. The molecule has 0 heterocycles. The fourth-order valence-corrected chi connectivity index (χ4v) is 4.07. The summed E-state index contributed by atoms with van der Waals surface area (Å²) in [5.74, 6) is 1.99. The molecule has 31 heavy (non-hydrogen) atoms. The summed E-state index contributed by atoms with van der Waals surface area (Å²) in [6, 6.07) is 23.0. The maximum Gasteiger partial charge on any atom is 0.252 e. The number of amides is 1. The maximum absolute atomic E-state index is 12.8. The van der Waals surface area contributed by atoms with E-state index < -0.39 is 0 Å². The van der Waals surface area contributed by atoms with E-state index in [1.54, 1.807) is 26.0 Å². The van der Waals surface area contributed by atoms with Crippen molar-refractivity contribution in [1.29, 1.82) is 5.26 Å². The number of nitrogens with one attached hydrogen (secondary N) is 1. The van der Waals surface area contributed by atoms with Gasteiger partial charge in [0.25, 0.3) is 5.91 Å². The van der Waals surface area contributed by atoms with E-state index >= 15 is 0 Å².